The van der Waals surface area contributed by atoms with Crippen molar-refractivity contribution in [1.29, 1.82) is 0 Å². The highest BCUT2D eigenvalue weighted by molar-refractivity contribution is 5.38. The van der Waals surface area contributed by atoms with Gasteiger partial charge in [0.05, 0.1) is 6.04 Å². The van der Waals surface area contributed by atoms with E-state index in [0.717, 1.165) is 29.7 Å². The smallest absolute Gasteiger partial charge is 0.128 e. The van der Waals surface area contributed by atoms with Crippen LogP contribution < -0.4 is 5.32 Å². The fourth-order valence-corrected chi connectivity index (χ4v) is 2.47. The van der Waals surface area contributed by atoms with Gasteiger partial charge in [0.25, 0.3) is 0 Å². The van der Waals surface area contributed by atoms with Gasteiger partial charge in [-0.1, -0.05) is 48.9 Å². The van der Waals surface area contributed by atoms with Crippen LogP contribution in [0.25, 0.3) is 0 Å². The van der Waals surface area contributed by atoms with Crippen LogP contribution in [0.2, 0.25) is 0 Å². The zero-order chi connectivity index (χ0) is 14.5. The zero-order valence-corrected chi connectivity index (χ0v) is 12.4. The third-order valence-electron chi connectivity index (χ3n) is 3.56. The fraction of sp³-hybridized carbons (Fsp3) is 0.333. The third kappa shape index (κ3) is 3.26. The van der Waals surface area contributed by atoms with Gasteiger partial charge in [-0.15, -0.1) is 0 Å². The van der Waals surface area contributed by atoms with E-state index in [1.165, 1.54) is 5.56 Å². The number of nitrogens with one attached hydrogen (secondary N) is 1. The second-order valence-electron chi connectivity index (χ2n) is 5.27. The highest BCUT2D eigenvalue weighted by Crippen LogP contribution is 2.27. The molecule has 0 bridgehead atoms. The van der Waals surface area contributed by atoms with Crippen LogP contribution in [-0.4, -0.2) is 6.54 Å². The second kappa shape index (κ2) is 6.67. The average molecular weight is 271 g/mol. The number of aryl methyl sites for hydroxylation is 2. The lowest BCUT2D eigenvalue weighted by Crippen LogP contribution is -2.25. The van der Waals surface area contributed by atoms with Crippen LogP contribution in [0.1, 0.15) is 41.6 Å². The first-order chi connectivity index (χ1) is 9.63. The lowest BCUT2D eigenvalue weighted by molar-refractivity contribution is 0.545. The summed E-state index contributed by atoms with van der Waals surface area (Å²) in [6.45, 7) is 7.06. The molecule has 0 saturated carbocycles. The summed E-state index contributed by atoms with van der Waals surface area (Å²) in [6.07, 6.45) is 1.02. The molecule has 0 aliphatic carbocycles. The van der Waals surface area contributed by atoms with E-state index >= 15 is 0 Å². The number of rotatable bonds is 5. The summed E-state index contributed by atoms with van der Waals surface area (Å²) in [5, 5.41) is 3.47. The zero-order valence-electron chi connectivity index (χ0n) is 12.4. The predicted octanol–water partition coefficient (Wildman–Crippen LogP) is 4.53. The van der Waals surface area contributed by atoms with E-state index in [2.05, 4.69) is 31.3 Å². The Labute approximate surface area is 120 Å². The summed E-state index contributed by atoms with van der Waals surface area (Å²) in [7, 11) is 0. The minimum Gasteiger partial charge on any atom is -0.306 e. The van der Waals surface area contributed by atoms with Gasteiger partial charge in [-0.05, 0) is 44.0 Å². The van der Waals surface area contributed by atoms with E-state index in [-0.39, 0.29) is 11.9 Å². The molecule has 0 saturated heterocycles. The van der Waals surface area contributed by atoms with Crippen LogP contribution in [0, 0.1) is 19.7 Å². The van der Waals surface area contributed by atoms with Crippen molar-refractivity contribution in [2.75, 3.05) is 6.54 Å². The van der Waals surface area contributed by atoms with E-state index < -0.39 is 0 Å². The van der Waals surface area contributed by atoms with Crippen LogP contribution in [0.4, 0.5) is 4.39 Å². The first kappa shape index (κ1) is 14.7. The molecule has 0 fully saturated rings. The average Bonchev–Trinajstić information content (AvgIpc) is 2.44. The molecule has 0 aliphatic rings. The van der Waals surface area contributed by atoms with E-state index in [9.17, 15) is 4.39 Å². The largest absolute Gasteiger partial charge is 0.306 e. The third-order valence-corrected chi connectivity index (χ3v) is 3.56. The molecule has 0 aliphatic heterocycles. The molecule has 0 heterocycles. The summed E-state index contributed by atoms with van der Waals surface area (Å²) in [5.74, 6) is -0.146. The van der Waals surface area contributed by atoms with E-state index in [1.54, 1.807) is 6.07 Å². The van der Waals surface area contributed by atoms with Gasteiger partial charge in [-0.3, -0.25) is 0 Å². The SMILES string of the molecule is CCCNC(c1ccccc1C)c1cc(C)ccc1F. The summed E-state index contributed by atoms with van der Waals surface area (Å²) >= 11 is 0. The molecule has 1 N–H and O–H groups in total. The predicted molar refractivity (Wildman–Crippen MR) is 82.5 cm³/mol. The molecule has 0 spiro atoms. The molecule has 0 amide bonds. The fourth-order valence-electron chi connectivity index (χ4n) is 2.47. The summed E-state index contributed by atoms with van der Waals surface area (Å²) in [6, 6.07) is 13.4. The van der Waals surface area contributed by atoms with Gasteiger partial charge in [-0.2, -0.15) is 0 Å². The van der Waals surface area contributed by atoms with Crippen LogP contribution >= 0.6 is 0 Å². The number of halogens is 1. The first-order valence-electron chi connectivity index (χ1n) is 7.18. The Kier molecular flexibility index (Phi) is 4.91. The Hall–Kier alpha value is -1.67. The topological polar surface area (TPSA) is 12.0 Å². The maximum absolute atomic E-state index is 14.2. The molecule has 106 valence electrons. The Balaban J connectivity index is 2.47. The summed E-state index contributed by atoms with van der Waals surface area (Å²) in [5.41, 5.74) is 4.14. The van der Waals surface area contributed by atoms with Crippen molar-refractivity contribution in [2.24, 2.45) is 0 Å². The minimum atomic E-state index is -0.146. The number of hydrogen-bond acceptors (Lipinski definition) is 1. The van der Waals surface area contributed by atoms with Gasteiger partial charge >= 0.3 is 0 Å². The van der Waals surface area contributed by atoms with Gasteiger partial charge in [0, 0.05) is 5.56 Å². The van der Waals surface area contributed by atoms with Gasteiger partial charge in [-0.25, -0.2) is 4.39 Å². The highest BCUT2D eigenvalue weighted by Gasteiger charge is 2.18. The molecular formula is C18H22FN. The maximum atomic E-state index is 14.2. The standard InChI is InChI=1S/C18H22FN/c1-4-11-20-18(15-8-6-5-7-14(15)3)16-12-13(2)9-10-17(16)19/h5-10,12,18,20H,4,11H2,1-3H3. The summed E-state index contributed by atoms with van der Waals surface area (Å²) in [4.78, 5) is 0. The lowest BCUT2D eigenvalue weighted by atomic mass is 9.93. The Morgan fingerprint density at radius 3 is 2.50 bits per heavy atom. The molecular weight excluding hydrogens is 249 g/mol. The van der Waals surface area contributed by atoms with Crippen LogP contribution in [0.5, 0.6) is 0 Å². The molecule has 2 aromatic rings. The second-order valence-corrected chi connectivity index (χ2v) is 5.27. The first-order valence-corrected chi connectivity index (χ1v) is 7.18. The Morgan fingerprint density at radius 2 is 1.80 bits per heavy atom. The molecule has 1 unspecified atom stereocenters. The van der Waals surface area contributed by atoms with E-state index in [1.807, 2.05) is 31.2 Å². The Bertz CT molecular complexity index is 577. The van der Waals surface area contributed by atoms with Crippen molar-refractivity contribution in [1.82, 2.24) is 5.32 Å². The number of hydrogen-bond donors (Lipinski definition) is 1. The molecule has 1 nitrogen and oxygen atoms in total. The van der Waals surface area contributed by atoms with Gasteiger partial charge in [0.1, 0.15) is 5.82 Å². The summed E-state index contributed by atoms with van der Waals surface area (Å²) < 4.78 is 14.2. The maximum Gasteiger partial charge on any atom is 0.128 e. The van der Waals surface area contributed by atoms with Crippen molar-refractivity contribution in [2.45, 2.75) is 33.2 Å². The van der Waals surface area contributed by atoms with Crippen molar-refractivity contribution >= 4 is 0 Å². The van der Waals surface area contributed by atoms with Crippen molar-refractivity contribution in [3.8, 4) is 0 Å². The minimum absolute atomic E-state index is 0.0870. The van der Waals surface area contributed by atoms with Crippen molar-refractivity contribution in [3.05, 3.63) is 70.5 Å². The molecule has 1 atom stereocenters. The van der Waals surface area contributed by atoms with Gasteiger partial charge in [0.2, 0.25) is 0 Å². The Morgan fingerprint density at radius 1 is 1.05 bits per heavy atom. The quantitative estimate of drug-likeness (QED) is 0.842. The molecule has 0 aromatic heterocycles. The van der Waals surface area contributed by atoms with Crippen molar-refractivity contribution < 1.29 is 4.39 Å². The monoisotopic (exact) mass is 271 g/mol. The van der Waals surface area contributed by atoms with Gasteiger partial charge < -0.3 is 5.32 Å². The molecule has 0 radical (unpaired) electrons. The van der Waals surface area contributed by atoms with Crippen LogP contribution in [-0.2, 0) is 0 Å². The van der Waals surface area contributed by atoms with Gasteiger partial charge in [0.15, 0.2) is 0 Å². The molecule has 20 heavy (non-hydrogen) atoms. The lowest BCUT2D eigenvalue weighted by Gasteiger charge is -2.22. The molecule has 2 heteroatoms. The number of benzene rings is 2. The molecule has 2 rings (SSSR count). The normalized spacial score (nSPS) is 12.4. The van der Waals surface area contributed by atoms with Crippen LogP contribution in [0.15, 0.2) is 42.5 Å². The highest BCUT2D eigenvalue weighted by atomic mass is 19.1. The van der Waals surface area contributed by atoms with Crippen LogP contribution in [0.3, 0.4) is 0 Å². The van der Waals surface area contributed by atoms with Crippen molar-refractivity contribution in [3.63, 3.8) is 0 Å². The molecule has 2 aromatic carbocycles. The van der Waals surface area contributed by atoms with E-state index in [0.29, 0.717) is 0 Å². The van der Waals surface area contributed by atoms with E-state index in [4.69, 9.17) is 0 Å².